The standard InChI is InChI=1S/C21H22FN3O4S/c1-23-12-17(26)25(9-10-29-2)21-18(20(23)28)15-7-8-24(11-16(15)30-21)19(27)13-3-5-14(22)6-4-13/h3-6H,7-12H2,1-2H3. The maximum absolute atomic E-state index is 13.2. The van der Waals surface area contributed by atoms with Crippen LogP contribution in [0.5, 0.6) is 0 Å². The molecule has 0 N–H and O–H groups in total. The molecule has 0 radical (unpaired) electrons. The van der Waals surface area contributed by atoms with E-state index in [1.54, 1.807) is 24.0 Å². The summed E-state index contributed by atoms with van der Waals surface area (Å²) in [6.45, 7) is 1.55. The first-order valence-corrected chi connectivity index (χ1v) is 10.5. The number of hydrogen-bond donors (Lipinski definition) is 0. The summed E-state index contributed by atoms with van der Waals surface area (Å²) >= 11 is 1.39. The van der Waals surface area contributed by atoms with Crippen LogP contribution in [0.3, 0.4) is 0 Å². The summed E-state index contributed by atoms with van der Waals surface area (Å²) in [7, 11) is 3.19. The highest BCUT2D eigenvalue weighted by molar-refractivity contribution is 7.17. The SMILES string of the molecule is COCCN1C(=O)CN(C)C(=O)c2c1sc1c2CCN(C(=O)c2ccc(F)cc2)C1. The van der Waals surface area contributed by atoms with Crippen molar-refractivity contribution >= 4 is 34.1 Å². The second-order valence-corrected chi connectivity index (χ2v) is 8.45. The molecule has 0 spiro atoms. The van der Waals surface area contributed by atoms with Gasteiger partial charge in [-0.25, -0.2) is 4.39 Å². The quantitative estimate of drug-likeness (QED) is 0.744. The summed E-state index contributed by atoms with van der Waals surface area (Å²) in [5.41, 5.74) is 1.89. The maximum atomic E-state index is 13.2. The molecule has 1 aromatic heterocycles. The number of likely N-dealkylation sites (N-methyl/N-ethyl adjacent to an activating group) is 1. The Hall–Kier alpha value is -2.78. The second-order valence-electron chi connectivity index (χ2n) is 7.37. The summed E-state index contributed by atoms with van der Waals surface area (Å²) in [5, 5.41) is 0.632. The van der Waals surface area contributed by atoms with Gasteiger partial charge in [-0.1, -0.05) is 0 Å². The van der Waals surface area contributed by atoms with Gasteiger partial charge in [-0.2, -0.15) is 0 Å². The number of halogens is 1. The van der Waals surface area contributed by atoms with Crippen molar-refractivity contribution in [1.29, 1.82) is 0 Å². The molecule has 4 rings (SSSR count). The van der Waals surface area contributed by atoms with Gasteiger partial charge in [-0.3, -0.25) is 19.3 Å². The van der Waals surface area contributed by atoms with E-state index in [1.807, 2.05) is 0 Å². The van der Waals surface area contributed by atoms with Gasteiger partial charge in [0, 0.05) is 31.1 Å². The zero-order chi connectivity index (χ0) is 21.4. The molecule has 0 saturated carbocycles. The highest BCUT2D eigenvalue weighted by Gasteiger charge is 2.37. The van der Waals surface area contributed by atoms with E-state index in [1.165, 1.54) is 40.5 Å². The summed E-state index contributed by atoms with van der Waals surface area (Å²) in [6, 6.07) is 5.48. The van der Waals surface area contributed by atoms with E-state index in [-0.39, 0.29) is 24.3 Å². The van der Waals surface area contributed by atoms with Gasteiger partial charge >= 0.3 is 0 Å². The van der Waals surface area contributed by atoms with E-state index in [9.17, 15) is 18.8 Å². The lowest BCUT2D eigenvalue weighted by molar-refractivity contribution is -0.119. The predicted molar refractivity (Wildman–Crippen MR) is 110 cm³/mol. The van der Waals surface area contributed by atoms with Crippen molar-refractivity contribution in [2.75, 3.05) is 45.3 Å². The Morgan fingerprint density at radius 2 is 1.93 bits per heavy atom. The number of carbonyl (C=O) groups is 3. The minimum atomic E-state index is -0.391. The van der Waals surface area contributed by atoms with Crippen molar-refractivity contribution in [3.05, 3.63) is 51.7 Å². The van der Waals surface area contributed by atoms with Gasteiger partial charge < -0.3 is 14.5 Å². The highest BCUT2D eigenvalue weighted by atomic mass is 32.1. The van der Waals surface area contributed by atoms with Crippen molar-refractivity contribution in [3.8, 4) is 0 Å². The minimum absolute atomic E-state index is 0.0217. The number of methoxy groups -OCH3 is 1. The van der Waals surface area contributed by atoms with Crippen LogP contribution in [0.2, 0.25) is 0 Å². The van der Waals surface area contributed by atoms with Crippen LogP contribution < -0.4 is 4.90 Å². The average Bonchev–Trinajstić information content (AvgIpc) is 3.07. The van der Waals surface area contributed by atoms with Crippen molar-refractivity contribution in [1.82, 2.24) is 9.80 Å². The van der Waals surface area contributed by atoms with Crippen molar-refractivity contribution in [3.63, 3.8) is 0 Å². The average molecular weight is 431 g/mol. The van der Waals surface area contributed by atoms with Crippen LogP contribution in [0.15, 0.2) is 24.3 Å². The Morgan fingerprint density at radius 3 is 2.63 bits per heavy atom. The lowest BCUT2D eigenvalue weighted by Crippen LogP contribution is -2.39. The molecule has 0 bridgehead atoms. The molecule has 0 atom stereocenters. The van der Waals surface area contributed by atoms with Gasteiger partial charge in [-0.15, -0.1) is 11.3 Å². The van der Waals surface area contributed by atoms with E-state index in [2.05, 4.69) is 0 Å². The number of hydrogen-bond acceptors (Lipinski definition) is 5. The van der Waals surface area contributed by atoms with Gasteiger partial charge in [-0.05, 0) is 36.2 Å². The molecule has 30 heavy (non-hydrogen) atoms. The normalized spacial score (nSPS) is 16.4. The molecule has 0 fully saturated rings. The first-order valence-electron chi connectivity index (χ1n) is 9.65. The summed E-state index contributed by atoms with van der Waals surface area (Å²) in [6.07, 6.45) is 0.528. The van der Waals surface area contributed by atoms with Gasteiger partial charge in [0.25, 0.3) is 11.8 Å². The van der Waals surface area contributed by atoms with Crippen molar-refractivity contribution < 1.29 is 23.5 Å². The Kier molecular flexibility index (Phi) is 5.57. The molecule has 0 saturated heterocycles. The molecular formula is C21H22FN3O4S. The Morgan fingerprint density at radius 1 is 1.20 bits per heavy atom. The first-order chi connectivity index (χ1) is 14.4. The number of amides is 3. The Bertz CT molecular complexity index is 1000. The van der Waals surface area contributed by atoms with E-state index < -0.39 is 5.82 Å². The number of anilines is 1. The van der Waals surface area contributed by atoms with E-state index in [4.69, 9.17) is 4.74 Å². The molecule has 0 unspecified atom stereocenters. The van der Waals surface area contributed by atoms with Crippen LogP contribution in [0.4, 0.5) is 9.39 Å². The number of carbonyl (C=O) groups excluding carboxylic acids is 3. The van der Waals surface area contributed by atoms with Crippen LogP contribution in [0.1, 0.15) is 31.2 Å². The number of nitrogens with zero attached hydrogens (tertiary/aromatic N) is 3. The van der Waals surface area contributed by atoms with Crippen LogP contribution >= 0.6 is 11.3 Å². The zero-order valence-corrected chi connectivity index (χ0v) is 17.6. The van der Waals surface area contributed by atoms with Gasteiger partial charge in [0.15, 0.2) is 0 Å². The third-order valence-electron chi connectivity index (χ3n) is 5.41. The molecule has 7 nitrogen and oxygen atoms in total. The van der Waals surface area contributed by atoms with Crippen LogP contribution in [-0.4, -0.2) is 67.9 Å². The topological polar surface area (TPSA) is 70.2 Å². The molecule has 2 aliphatic rings. The molecule has 1 aromatic carbocycles. The zero-order valence-electron chi connectivity index (χ0n) is 16.8. The molecule has 2 aliphatic heterocycles. The molecule has 9 heteroatoms. The fourth-order valence-corrected chi connectivity index (χ4v) is 5.22. The molecular weight excluding hydrogens is 409 g/mol. The number of benzene rings is 1. The van der Waals surface area contributed by atoms with E-state index in [0.29, 0.717) is 48.8 Å². The third-order valence-corrected chi connectivity index (χ3v) is 6.65. The van der Waals surface area contributed by atoms with Crippen LogP contribution in [-0.2, 0) is 22.5 Å². The van der Waals surface area contributed by atoms with Gasteiger partial charge in [0.1, 0.15) is 17.4 Å². The van der Waals surface area contributed by atoms with Gasteiger partial charge in [0.05, 0.1) is 25.3 Å². The summed E-state index contributed by atoms with van der Waals surface area (Å²) < 4.78 is 18.3. The predicted octanol–water partition coefficient (Wildman–Crippen LogP) is 2.15. The molecule has 3 amide bonds. The Labute approximate surface area is 177 Å². The fourth-order valence-electron chi connectivity index (χ4n) is 3.82. The lowest BCUT2D eigenvalue weighted by atomic mass is 10.0. The maximum Gasteiger partial charge on any atom is 0.257 e. The fraction of sp³-hybridized carbons (Fsp3) is 0.381. The highest BCUT2D eigenvalue weighted by Crippen LogP contribution is 2.41. The van der Waals surface area contributed by atoms with E-state index >= 15 is 0 Å². The summed E-state index contributed by atoms with van der Waals surface area (Å²) in [4.78, 5) is 44.2. The Balaban J connectivity index is 1.67. The van der Waals surface area contributed by atoms with Crippen molar-refractivity contribution in [2.24, 2.45) is 0 Å². The first kappa shape index (κ1) is 20.5. The number of ether oxygens (including phenoxy) is 1. The minimum Gasteiger partial charge on any atom is -0.383 e. The molecule has 3 heterocycles. The van der Waals surface area contributed by atoms with Crippen molar-refractivity contribution in [2.45, 2.75) is 13.0 Å². The lowest BCUT2D eigenvalue weighted by Gasteiger charge is -2.27. The molecule has 158 valence electrons. The smallest absolute Gasteiger partial charge is 0.257 e. The molecule has 2 aromatic rings. The largest absolute Gasteiger partial charge is 0.383 e. The summed E-state index contributed by atoms with van der Waals surface area (Å²) in [5.74, 6) is -0.897. The number of rotatable bonds is 4. The number of fused-ring (bicyclic) bond motifs is 3. The second kappa shape index (κ2) is 8.16. The van der Waals surface area contributed by atoms with Gasteiger partial charge in [0.2, 0.25) is 5.91 Å². The van der Waals surface area contributed by atoms with Crippen LogP contribution in [0, 0.1) is 5.82 Å². The number of thiophene rings is 1. The van der Waals surface area contributed by atoms with Crippen LogP contribution in [0.25, 0.3) is 0 Å². The monoisotopic (exact) mass is 431 g/mol. The van der Waals surface area contributed by atoms with E-state index in [0.717, 1.165) is 10.4 Å². The molecule has 0 aliphatic carbocycles. The third kappa shape index (κ3) is 3.59.